The van der Waals surface area contributed by atoms with Crippen LogP contribution in [0, 0.1) is 24.0 Å². The van der Waals surface area contributed by atoms with Gasteiger partial charge in [0.05, 0.1) is 23.8 Å². The molecule has 56 heavy (non-hydrogen) atoms. The van der Waals surface area contributed by atoms with Crippen LogP contribution < -0.4 is 15.8 Å². The van der Waals surface area contributed by atoms with E-state index in [1.54, 1.807) is 6.07 Å². The molecule has 0 radical (unpaired) electrons. The molecular formula is C46H67F2N5O3. The second-order valence-corrected chi connectivity index (χ2v) is 13.6. The second kappa shape index (κ2) is 23.3. The Hall–Kier alpha value is -4.04. The molecule has 0 bridgehead atoms. The molecule has 8 nitrogen and oxygen atoms in total. The van der Waals surface area contributed by atoms with Crippen LogP contribution >= 0.6 is 0 Å². The van der Waals surface area contributed by atoms with Crippen LogP contribution in [-0.2, 0) is 4.74 Å². The lowest BCUT2D eigenvalue weighted by atomic mass is 9.93. The number of fused-ring (bicyclic) bond motifs is 3. The van der Waals surface area contributed by atoms with Gasteiger partial charge in [0.1, 0.15) is 29.5 Å². The van der Waals surface area contributed by atoms with E-state index in [0.717, 1.165) is 45.4 Å². The largest absolute Gasteiger partial charge is 0.508 e. The van der Waals surface area contributed by atoms with Gasteiger partial charge in [0, 0.05) is 22.4 Å². The number of terminal acetylenes is 1. The summed E-state index contributed by atoms with van der Waals surface area (Å²) in [5, 5.41) is 15.0. The Morgan fingerprint density at radius 1 is 0.893 bits per heavy atom. The molecule has 3 aliphatic heterocycles. The SMILES string of the molecule is C#Cc1c(F)ccc2cc(O)cc(-c3ccc4c(N)nc(OCC56CCCN5CCC6)nc4c3F)c12.C1CCNC(COC2CC2)CC1.CC.CC.CC.CC. The van der Waals surface area contributed by atoms with E-state index in [4.69, 9.17) is 21.6 Å². The Morgan fingerprint density at radius 3 is 2.25 bits per heavy atom. The van der Waals surface area contributed by atoms with Gasteiger partial charge in [-0.15, -0.1) is 6.42 Å². The van der Waals surface area contributed by atoms with E-state index in [1.807, 2.05) is 55.4 Å². The predicted octanol–water partition coefficient (Wildman–Crippen LogP) is 10.8. The van der Waals surface area contributed by atoms with Gasteiger partial charge in [0.2, 0.25) is 0 Å². The van der Waals surface area contributed by atoms with Crippen molar-refractivity contribution in [1.29, 1.82) is 0 Å². The van der Waals surface area contributed by atoms with Crippen molar-refractivity contribution >= 4 is 27.5 Å². The molecule has 3 aromatic carbocycles. The second-order valence-electron chi connectivity index (χ2n) is 13.6. The van der Waals surface area contributed by atoms with E-state index in [1.165, 1.54) is 75.4 Å². The van der Waals surface area contributed by atoms with Gasteiger partial charge in [-0.1, -0.05) is 86.3 Å². The Balaban J connectivity index is 0.000000351. The van der Waals surface area contributed by atoms with Crippen molar-refractivity contribution in [3.05, 3.63) is 53.6 Å². The van der Waals surface area contributed by atoms with Gasteiger partial charge in [-0.3, -0.25) is 4.90 Å². The Kier molecular flexibility index (Phi) is 19.2. The van der Waals surface area contributed by atoms with Crippen molar-refractivity contribution in [1.82, 2.24) is 20.2 Å². The van der Waals surface area contributed by atoms with Crippen molar-refractivity contribution in [3.8, 4) is 35.2 Å². The van der Waals surface area contributed by atoms with Crippen LogP contribution in [-0.4, -0.2) is 70.5 Å². The number of nitrogens with two attached hydrogens (primary N) is 1. The van der Waals surface area contributed by atoms with Crippen molar-refractivity contribution in [3.63, 3.8) is 0 Å². The first-order chi connectivity index (χ1) is 27.3. The topological polar surface area (TPSA) is 106 Å². The quantitative estimate of drug-likeness (QED) is 0.159. The molecule has 1 aliphatic carbocycles. The first-order valence-corrected chi connectivity index (χ1v) is 21.3. The predicted molar refractivity (Wildman–Crippen MR) is 229 cm³/mol. The number of phenolic OH excluding ortho intramolecular Hbond substituents is 1. The maximum atomic E-state index is 16.0. The number of ether oxygens (including phenoxy) is 2. The fraction of sp³-hybridized carbons (Fsp3) is 0.565. The number of hydrogen-bond acceptors (Lipinski definition) is 8. The van der Waals surface area contributed by atoms with Gasteiger partial charge < -0.3 is 25.6 Å². The van der Waals surface area contributed by atoms with Crippen molar-refractivity contribution in [2.45, 2.75) is 137 Å². The zero-order chi connectivity index (χ0) is 41.3. The number of phenols is 1. The molecule has 1 aromatic heterocycles. The van der Waals surface area contributed by atoms with Gasteiger partial charge in [0.15, 0.2) is 5.82 Å². The molecule has 1 saturated carbocycles. The van der Waals surface area contributed by atoms with Crippen LogP contribution in [0.2, 0.25) is 0 Å². The zero-order valence-corrected chi connectivity index (χ0v) is 35.2. The summed E-state index contributed by atoms with van der Waals surface area (Å²) in [4.78, 5) is 11.1. The summed E-state index contributed by atoms with van der Waals surface area (Å²) in [6.45, 7) is 20.7. The number of rotatable bonds is 7. The lowest BCUT2D eigenvalue weighted by molar-refractivity contribution is 0.0966. The van der Waals surface area contributed by atoms with Crippen molar-refractivity contribution < 1.29 is 23.4 Å². The smallest absolute Gasteiger partial charge is 0.319 e. The maximum Gasteiger partial charge on any atom is 0.319 e. The highest BCUT2D eigenvalue weighted by Gasteiger charge is 2.45. The summed E-state index contributed by atoms with van der Waals surface area (Å²) in [6, 6.07) is 9.31. The van der Waals surface area contributed by atoms with Crippen molar-refractivity contribution in [2.24, 2.45) is 0 Å². The highest BCUT2D eigenvalue weighted by Crippen LogP contribution is 2.41. The number of aromatic nitrogens is 2. The van der Waals surface area contributed by atoms with Crippen LogP contribution in [0.4, 0.5) is 14.6 Å². The molecule has 0 spiro atoms. The van der Waals surface area contributed by atoms with Gasteiger partial charge in [-0.2, -0.15) is 9.97 Å². The standard InChI is InChI=1S/C28H24F2N4O2.C10H19NO.4C2H6/c1-2-18-22(29)8-5-16-13-17(35)14-21(23(16)18)19-6-7-20-25(24(19)30)32-27(33-26(20)31)36-15-28-9-3-11-34(28)12-4-10-28;1-2-4-9(11-7-3-1)8-12-10-5-6-10;4*1-2/h1,5-8,13-14,35H,3-4,9-12,15H2,(H2,31,32,33);9-11H,1-8H2;4*1-2H3. The lowest BCUT2D eigenvalue weighted by Gasteiger charge is -2.31. The lowest BCUT2D eigenvalue weighted by Crippen LogP contribution is -2.43. The molecule has 4 aliphatic rings. The highest BCUT2D eigenvalue weighted by atomic mass is 19.1. The first kappa shape index (κ1) is 46.3. The van der Waals surface area contributed by atoms with Gasteiger partial charge >= 0.3 is 6.01 Å². The molecule has 1 unspecified atom stereocenters. The summed E-state index contributed by atoms with van der Waals surface area (Å²) >= 11 is 0. The number of benzene rings is 3. The highest BCUT2D eigenvalue weighted by molar-refractivity contribution is 6.03. The van der Waals surface area contributed by atoms with E-state index in [9.17, 15) is 9.50 Å². The summed E-state index contributed by atoms with van der Waals surface area (Å²) < 4.78 is 42.2. The number of nitrogens with zero attached hydrogens (tertiary/aromatic N) is 3. The minimum absolute atomic E-state index is 0.00911. The molecule has 308 valence electrons. The maximum absolute atomic E-state index is 16.0. The summed E-state index contributed by atoms with van der Waals surface area (Å²) in [5.74, 6) is 1.06. The van der Waals surface area contributed by atoms with E-state index in [2.05, 4.69) is 26.1 Å². The molecule has 4 aromatic rings. The molecule has 4 N–H and O–H groups in total. The van der Waals surface area contributed by atoms with Crippen LogP contribution in [0.25, 0.3) is 32.8 Å². The summed E-state index contributed by atoms with van der Waals surface area (Å²) in [6.07, 6.45) is 18.6. The third-order valence-electron chi connectivity index (χ3n) is 10.3. The van der Waals surface area contributed by atoms with Crippen molar-refractivity contribution in [2.75, 3.05) is 38.6 Å². The first-order valence-electron chi connectivity index (χ1n) is 21.3. The molecule has 4 fully saturated rings. The molecule has 1 atom stereocenters. The molecule has 0 amide bonds. The Morgan fingerprint density at radius 2 is 1.59 bits per heavy atom. The minimum atomic E-state index is -0.688. The molecule has 3 saturated heterocycles. The third kappa shape index (κ3) is 11.3. The average Bonchev–Trinajstić information content (AvgIpc) is 3.94. The minimum Gasteiger partial charge on any atom is -0.508 e. The van der Waals surface area contributed by atoms with Gasteiger partial charge in [0.25, 0.3) is 0 Å². The third-order valence-corrected chi connectivity index (χ3v) is 10.3. The fourth-order valence-electron chi connectivity index (χ4n) is 7.61. The zero-order valence-electron chi connectivity index (χ0n) is 35.2. The molecule has 4 heterocycles. The monoisotopic (exact) mass is 776 g/mol. The van der Waals surface area contributed by atoms with Gasteiger partial charge in [-0.05, 0) is 106 Å². The van der Waals surface area contributed by atoms with Crippen LogP contribution in [0.3, 0.4) is 0 Å². The van der Waals surface area contributed by atoms with Gasteiger partial charge in [-0.25, -0.2) is 8.78 Å². The number of aromatic hydroxyl groups is 1. The van der Waals surface area contributed by atoms with E-state index >= 15 is 4.39 Å². The molecular weight excluding hydrogens is 709 g/mol. The fourth-order valence-corrected chi connectivity index (χ4v) is 7.61. The number of nitrogen functional groups attached to an aromatic ring is 1. The average molecular weight is 776 g/mol. The van der Waals surface area contributed by atoms with E-state index < -0.39 is 11.6 Å². The Bertz CT molecular complexity index is 1840. The number of hydrogen-bond donors (Lipinski definition) is 3. The number of anilines is 1. The molecule has 10 heteroatoms. The van der Waals surface area contributed by atoms with E-state index in [-0.39, 0.29) is 45.3 Å². The number of nitrogens with one attached hydrogen (secondary N) is 1. The van der Waals surface area contributed by atoms with Crippen LogP contribution in [0.1, 0.15) is 125 Å². The summed E-state index contributed by atoms with van der Waals surface area (Å²) in [5.41, 5.74) is 6.47. The normalized spacial score (nSPS) is 18.1. The Labute approximate surface area is 335 Å². The van der Waals surface area contributed by atoms with Crippen LogP contribution in [0.15, 0.2) is 36.4 Å². The summed E-state index contributed by atoms with van der Waals surface area (Å²) in [7, 11) is 0. The van der Waals surface area contributed by atoms with Crippen LogP contribution in [0.5, 0.6) is 11.8 Å². The molecule has 8 rings (SSSR count). The van der Waals surface area contributed by atoms with E-state index in [0.29, 0.717) is 34.9 Å². The number of halogens is 2.